The predicted molar refractivity (Wildman–Crippen MR) is 67.4 cm³/mol. The molecule has 1 aromatic heterocycles. The highest BCUT2D eigenvalue weighted by atomic mass is 16.5. The average Bonchev–Trinajstić information content (AvgIpc) is 2.91. The van der Waals surface area contributed by atoms with Crippen molar-refractivity contribution in [2.24, 2.45) is 0 Å². The average molecular weight is 229 g/mol. The molecule has 0 atom stereocenters. The number of aromatic amines is 1. The Bertz CT molecular complexity index is 507. The molecule has 1 aliphatic rings. The van der Waals surface area contributed by atoms with Crippen LogP contribution in [0.15, 0.2) is 30.6 Å². The quantitative estimate of drug-likeness (QED) is 0.859. The second-order valence-electron chi connectivity index (χ2n) is 4.07. The minimum Gasteiger partial charge on any atom is -0.489 e. The molecule has 2 heterocycles. The molecule has 1 N–H and O–H groups in total. The van der Waals surface area contributed by atoms with Gasteiger partial charge in [0.25, 0.3) is 0 Å². The van der Waals surface area contributed by atoms with Crippen LogP contribution < -0.4 is 9.64 Å². The van der Waals surface area contributed by atoms with Crippen molar-refractivity contribution < 1.29 is 4.74 Å². The first kappa shape index (κ1) is 10.2. The van der Waals surface area contributed by atoms with Crippen LogP contribution in [0.4, 0.5) is 5.69 Å². The van der Waals surface area contributed by atoms with Gasteiger partial charge in [-0.05, 0) is 13.0 Å². The first-order valence-corrected chi connectivity index (χ1v) is 5.90. The van der Waals surface area contributed by atoms with Gasteiger partial charge in [0.15, 0.2) is 5.75 Å². The van der Waals surface area contributed by atoms with Crippen molar-refractivity contribution in [1.29, 1.82) is 0 Å². The fourth-order valence-corrected chi connectivity index (χ4v) is 2.26. The summed E-state index contributed by atoms with van der Waals surface area (Å²) in [6.07, 6.45) is 3.72. The Morgan fingerprint density at radius 2 is 2.41 bits per heavy atom. The summed E-state index contributed by atoms with van der Waals surface area (Å²) in [5.74, 6) is 0.974. The Kier molecular flexibility index (Phi) is 2.48. The normalized spacial score (nSPS) is 14.3. The maximum Gasteiger partial charge on any atom is 0.150 e. The molecule has 1 aliphatic heterocycles. The zero-order chi connectivity index (χ0) is 11.7. The molecule has 3 rings (SSSR count). The summed E-state index contributed by atoms with van der Waals surface area (Å²) in [6.45, 7) is 4.87. The molecule has 1 aromatic carbocycles. The van der Waals surface area contributed by atoms with E-state index >= 15 is 0 Å². The highest BCUT2D eigenvalue weighted by Crippen LogP contribution is 2.39. The lowest BCUT2D eigenvalue weighted by Crippen LogP contribution is -2.32. The van der Waals surface area contributed by atoms with Gasteiger partial charge in [0.05, 0.1) is 18.4 Å². The van der Waals surface area contributed by atoms with E-state index in [2.05, 4.69) is 40.2 Å². The Hall–Kier alpha value is -1.97. The van der Waals surface area contributed by atoms with Crippen LogP contribution in [0.3, 0.4) is 0 Å². The number of likely N-dealkylation sites (N-methyl/N-ethyl adjacent to an activating group) is 1. The summed E-state index contributed by atoms with van der Waals surface area (Å²) in [6, 6.07) is 6.25. The topological polar surface area (TPSA) is 41.1 Å². The standard InChI is InChI=1S/C13H15N3O/c1-2-16-6-7-17-13-11(4-3-5-12(13)16)10-8-14-15-9-10/h3-5,8-9H,2,6-7H2,1H3,(H,14,15). The molecule has 17 heavy (non-hydrogen) atoms. The van der Waals surface area contributed by atoms with Gasteiger partial charge >= 0.3 is 0 Å². The predicted octanol–water partition coefficient (Wildman–Crippen LogP) is 2.30. The first-order valence-electron chi connectivity index (χ1n) is 5.90. The molecule has 0 saturated carbocycles. The molecule has 0 radical (unpaired) electrons. The summed E-state index contributed by atoms with van der Waals surface area (Å²) in [5.41, 5.74) is 3.35. The molecule has 0 fully saturated rings. The van der Waals surface area contributed by atoms with Gasteiger partial charge in [0, 0.05) is 23.9 Å². The third-order valence-electron chi connectivity index (χ3n) is 3.13. The number of nitrogens with one attached hydrogen (secondary N) is 1. The van der Waals surface area contributed by atoms with Crippen LogP contribution >= 0.6 is 0 Å². The van der Waals surface area contributed by atoms with E-state index in [4.69, 9.17) is 4.74 Å². The van der Waals surface area contributed by atoms with Crippen molar-refractivity contribution in [2.75, 3.05) is 24.6 Å². The number of aromatic nitrogens is 2. The Labute approximate surface area is 100 Å². The Balaban J connectivity index is 2.12. The van der Waals surface area contributed by atoms with Crippen molar-refractivity contribution >= 4 is 5.69 Å². The number of H-pyrrole nitrogens is 1. The van der Waals surface area contributed by atoms with Crippen LogP contribution in [0.5, 0.6) is 5.75 Å². The Morgan fingerprint density at radius 1 is 1.47 bits per heavy atom. The lowest BCUT2D eigenvalue weighted by Gasteiger charge is -2.31. The van der Waals surface area contributed by atoms with Gasteiger partial charge in [-0.25, -0.2) is 0 Å². The van der Waals surface area contributed by atoms with Crippen LogP contribution in [-0.2, 0) is 0 Å². The van der Waals surface area contributed by atoms with Gasteiger partial charge < -0.3 is 9.64 Å². The van der Waals surface area contributed by atoms with E-state index in [0.29, 0.717) is 0 Å². The number of hydrogen-bond donors (Lipinski definition) is 1. The largest absolute Gasteiger partial charge is 0.489 e. The number of nitrogens with zero attached hydrogens (tertiary/aromatic N) is 2. The van der Waals surface area contributed by atoms with Crippen molar-refractivity contribution in [1.82, 2.24) is 10.2 Å². The van der Waals surface area contributed by atoms with Crippen molar-refractivity contribution in [2.45, 2.75) is 6.92 Å². The van der Waals surface area contributed by atoms with Crippen molar-refractivity contribution in [3.63, 3.8) is 0 Å². The number of ether oxygens (including phenoxy) is 1. The smallest absolute Gasteiger partial charge is 0.150 e. The second kappa shape index (κ2) is 4.13. The van der Waals surface area contributed by atoms with E-state index in [9.17, 15) is 0 Å². The van der Waals surface area contributed by atoms with Crippen molar-refractivity contribution in [3.8, 4) is 16.9 Å². The van der Waals surface area contributed by atoms with Gasteiger partial charge in [-0.3, -0.25) is 5.10 Å². The molecule has 0 spiro atoms. The van der Waals surface area contributed by atoms with Crippen LogP contribution in [0, 0.1) is 0 Å². The van der Waals surface area contributed by atoms with E-state index in [0.717, 1.165) is 36.6 Å². The number of rotatable bonds is 2. The fourth-order valence-electron chi connectivity index (χ4n) is 2.26. The SMILES string of the molecule is CCN1CCOc2c(-c3cn[nH]c3)cccc21. The fraction of sp³-hybridized carbons (Fsp3) is 0.308. The van der Waals surface area contributed by atoms with Gasteiger partial charge in [0.2, 0.25) is 0 Å². The molecule has 0 aliphatic carbocycles. The van der Waals surface area contributed by atoms with Crippen molar-refractivity contribution in [3.05, 3.63) is 30.6 Å². The van der Waals surface area contributed by atoms with Crippen LogP contribution in [-0.4, -0.2) is 29.9 Å². The van der Waals surface area contributed by atoms with E-state index in [1.54, 1.807) is 0 Å². The molecular weight excluding hydrogens is 214 g/mol. The Morgan fingerprint density at radius 3 is 3.18 bits per heavy atom. The van der Waals surface area contributed by atoms with Gasteiger partial charge in [0.1, 0.15) is 6.61 Å². The zero-order valence-corrected chi connectivity index (χ0v) is 9.81. The minimum absolute atomic E-state index is 0.746. The summed E-state index contributed by atoms with van der Waals surface area (Å²) in [5, 5.41) is 6.83. The van der Waals surface area contributed by atoms with Gasteiger partial charge in [-0.15, -0.1) is 0 Å². The molecule has 4 nitrogen and oxygen atoms in total. The maximum atomic E-state index is 5.83. The number of benzene rings is 1. The molecule has 0 amide bonds. The van der Waals surface area contributed by atoms with Crippen LogP contribution in [0.25, 0.3) is 11.1 Å². The summed E-state index contributed by atoms with van der Waals surface area (Å²) in [7, 11) is 0. The van der Waals surface area contributed by atoms with E-state index in [1.807, 2.05) is 12.4 Å². The third-order valence-corrected chi connectivity index (χ3v) is 3.13. The molecular formula is C13H15N3O. The van der Waals surface area contributed by atoms with Gasteiger partial charge in [-0.1, -0.05) is 12.1 Å². The highest BCUT2D eigenvalue weighted by Gasteiger charge is 2.20. The first-order chi connectivity index (χ1) is 8.40. The zero-order valence-electron chi connectivity index (χ0n) is 9.81. The molecule has 0 saturated heterocycles. The molecule has 2 aromatic rings. The third kappa shape index (κ3) is 1.65. The lowest BCUT2D eigenvalue weighted by atomic mass is 10.1. The lowest BCUT2D eigenvalue weighted by molar-refractivity contribution is 0.310. The van der Waals surface area contributed by atoms with Crippen LogP contribution in [0.1, 0.15) is 6.92 Å². The van der Waals surface area contributed by atoms with E-state index < -0.39 is 0 Å². The van der Waals surface area contributed by atoms with E-state index in [-0.39, 0.29) is 0 Å². The molecule has 4 heteroatoms. The number of anilines is 1. The highest BCUT2D eigenvalue weighted by molar-refractivity contribution is 5.78. The van der Waals surface area contributed by atoms with E-state index in [1.165, 1.54) is 5.69 Å². The maximum absolute atomic E-state index is 5.83. The summed E-state index contributed by atoms with van der Waals surface area (Å²) in [4.78, 5) is 2.34. The summed E-state index contributed by atoms with van der Waals surface area (Å²) < 4.78 is 5.83. The molecule has 0 unspecified atom stereocenters. The summed E-state index contributed by atoms with van der Waals surface area (Å²) >= 11 is 0. The molecule has 88 valence electrons. The minimum atomic E-state index is 0.746. The van der Waals surface area contributed by atoms with Gasteiger partial charge in [-0.2, -0.15) is 5.10 Å². The second-order valence-corrected chi connectivity index (χ2v) is 4.07. The molecule has 0 bridgehead atoms. The number of para-hydroxylation sites is 1. The number of fused-ring (bicyclic) bond motifs is 1. The monoisotopic (exact) mass is 229 g/mol. The number of hydrogen-bond acceptors (Lipinski definition) is 3. The van der Waals surface area contributed by atoms with Crippen LogP contribution in [0.2, 0.25) is 0 Å².